The highest BCUT2D eigenvalue weighted by atomic mass is 19.1. The van der Waals surface area contributed by atoms with Gasteiger partial charge in [0.05, 0.1) is 4.92 Å². The Morgan fingerprint density at radius 3 is 2.65 bits per heavy atom. The summed E-state index contributed by atoms with van der Waals surface area (Å²) in [6, 6.07) is 2.52. The fourth-order valence-corrected chi connectivity index (χ4v) is 1.51. The number of nitrogen functional groups attached to an aromatic ring is 1. The van der Waals surface area contributed by atoms with Gasteiger partial charge in [0.25, 0.3) is 0 Å². The zero-order valence-corrected chi connectivity index (χ0v) is 10.1. The zero-order chi connectivity index (χ0) is 14.9. The summed E-state index contributed by atoms with van der Waals surface area (Å²) < 4.78 is 31.2. The van der Waals surface area contributed by atoms with Crippen LogP contribution in [0.5, 0.6) is 11.6 Å². The molecule has 0 amide bonds. The molecule has 0 spiro atoms. The van der Waals surface area contributed by atoms with Crippen LogP contribution >= 0.6 is 0 Å². The molecule has 20 heavy (non-hydrogen) atoms. The summed E-state index contributed by atoms with van der Waals surface area (Å²) in [6.45, 7) is 1.34. The standard InChI is InChI=1S/C11H8F2N4O3/c1-5-9(17(18)19)10(16-11(14)15-5)20-8-3-2-6(12)4-7(8)13/h2-4H,1H3,(H2,14,15,16). The zero-order valence-electron chi connectivity index (χ0n) is 10.1. The van der Waals surface area contributed by atoms with E-state index in [2.05, 4.69) is 9.97 Å². The van der Waals surface area contributed by atoms with E-state index in [1.54, 1.807) is 0 Å². The molecule has 9 heteroatoms. The number of hydrogen-bond acceptors (Lipinski definition) is 6. The number of hydrogen-bond donors (Lipinski definition) is 1. The van der Waals surface area contributed by atoms with Gasteiger partial charge in [0.1, 0.15) is 11.5 Å². The third kappa shape index (κ3) is 2.60. The molecule has 7 nitrogen and oxygen atoms in total. The van der Waals surface area contributed by atoms with E-state index in [1.807, 2.05) is 0 Å². The first kappa shape index (κ1) is 13.6. The summed E-state index contributed by atoms with van der Waals surface area (Å²) in [6.07, 6.45) is 0. The molecule has 1 aromatic carbocycles. The molecule has 2 aromatic rings. The molecule has 0 saturated carbocycles. The second-order valence-corrected chi connectivity index (χ2v) is 3.75. The maximum absolute atomic E-state index is 13.5. The van der Waals surface area contributed by atoms with Crippen LogP contribution in [0.4, 0.5) is 20.4 Å². The molecule has 0 saturated heterocycles. The van der Waals surface area contributed by atoms with Gasteiger partial charge in [-0.1, -0.05) is 0 Å². The summed E-state index contributed by atoms with van der Waals surface area (Å²) in [4.78, 5) is 17.3. The quantitative estimate of drug-likeness (QED) is 0.684. The van der Waals surface area contributed by atoms with Crippen molar-refractivity contribution in [1.29, 1.82) is 0 Å². The highest BCUT2D eigenvalue weighted by Crippen LogP contribution is 2.33. The highest BCUT2D eigenvalue weighted by molar-refractivity contribution is 5.49. The second-order valence-electron chi connectivity index (χ2n) is 3.75. The lowest BCUT2D eigenvalue weighted by Crippen LogP contribution is -2.05. The molecular formula is C11H8F2N4O3. The van der Waals surface area contributed by atoms with Crippen molar-refractivity contribution < 1.29 is 18.4 Å². The van der Waals surface area contributed by atoms with Gasteiger partial charge >= 0.3 is 11.6 Å². The molecule has 0 fully saturated rings. The number of nitrogens with zero attached hydrogens (tertiary/aromatic N) is 3. The Hall–Kier alpha value is -2.84. The van der Waals surface area contributed by atoms with Gasteiger partial charge in [-0.05, 0) is 19.1 Å². The summed E-state index contributed by atoms with van der Waals surface area (Å²) in [5.74, 6) is -3.00. The summed E-state index contributed by atoms with van der Waals surface area (Å²) >= 11 is 0. The van der Waals surface area contributed by atoms with Crippen molar-refractivity contribution in [3.8, 4) is 11.6 Å². The van der Waals surface area contributed by atoms with Crippen molar-refractivity contribution in [3.63, 3.8) is 0 Å². The molecule has 0 radical (unpaired) electrons. The Labute approximate surface area is 111 Å². The van der Waals surface area contributed by atoms with E-state index < -0.39 is 33.9 Å². The molecule has 1 aromatic heterocycles. The Balaban J connectivity index is 2.50. The maximum Gasteiger partial charge on any atom is 0.352 e. The molecule has 0 aliphatic carbocycles. The number of halogens is 2. The van der Waals surface area contributed by atoms with E-state index in [-0.39, 0.29) is 11.6 Å². The molecule has 0 aliphatic rings. The lowest BCUT2D eigenvalue weighted by molar-refractivity contribution is -0.386. The van der Waals surface area contributed by atoms with E-state index in [9.17, 15) is 18.9 Å². The van der Waals surface area contributed by atoms with Crippen LogP contribution < -0.4 is 10.5 Å². The number of aryl methyl sites for hydroxylation is 1. The number of ether oxygens (including phenoxy) is 1. The van der Waals surface area contributed by atoms with Crippen LogP contribution in [0.1, 0.15) is 5.69 Å². The van der Waals surface area contributed by atoms with Gasteiger partial charge < -0.3 is 10.5 Å². The SMILES string of the molecule is Cc1nc(N)nc(Oc2ccc(F)cc2F)c1[N+](=O)[O-]. The molecule has 0 atom stereocenters. The van der Waals surface area contributed by atoms with Crippen LogP contribution in [0.15, 0.2) is 18.2 Å². The first-order valence-corrected chi connectivity index (χ1v) is 5.30. The van der Waals surface area contributed by atoms with Gasteiger partial charge in [0, 0.05) is 6.07 Å². The van der Waals surface area contributed by atoms with Crippen LogP contribution in [-0.2, 0) is 0 Å². The lowest BCUT2D eigenvalue weighted by Gasteiger charge is -2.07. The number of nitro groups is 1. The third-order valence-corrected chi connectivity index (χ3v) is 2.33. The fourth-order valence-electron chi connectivity index (χ4n) is 1.51. The molecule has 0 unspecified atom stereocenters. The van der Waals surface area contributed by atoms with Gasteiger partial charge in [-0.3, -0.25) is 10.1 Å². The number of benzene rings is 1. The fraction of sp³-hybridized carbons (Fsp3) is 0.0909. The second kappa shape index (κ2) is 5.03. The van der Waals surface area contributed by atoms with Gasteiger partial charge in [-0.25, -0.2) is 13.8 Å². The molecule has 2 N–H and O–H groups in total. The smallest absolute Gasteiger partial charge is 0.352 e. The van der Waals surface area contributed by atoms with Crippen molar-refractivity contribution >= 4 is 11.6 Å². The first-order chi connectivity index (χ1) is 9.38. The van der Waals surface area contributed by atoms with Crippen LogP contribution in [0, 0.1) is 28.7 Å². The number of nitrogens with two attached hydrogens (primary N) is 1. The number of anilines is 1. The summed E-state index contributed by atoms with van der Waals surface area (Å²) in [5.41, 5.74) is 4.80. The van der Waals surface area contributed by atoms with Gasteiger partial charge in [0.2, 0.25) is 5.95 Å². The van der Waals surface area contributed by atoms with Crippen LogP contribution in [-0.4, -0.2) is 14.9 Å². The van der Waals surface area contributed by atoms with E-state index in [0.717, 1.165) is 12.1 Å². The number of aromatic nitrogens is 2. The average molecular weight is 282 g/mol. The van der Waals surface area contributed by atoms with Crippen molar-refractivity contribution in [2.45, 2.75) is 6.92 Å². The summed E-state index contributed by atoms with van der Waals surface area (Å²) in [5, 5.41) is 10.9. The van der Waals surface area contributed by atoms with E-state index in [1.165, 1.54) is 6.92 Å². The monoisotopic (exact) mass is 282 g/mol. The Morgan fingerprint density at radius 1 is 1.35 bits per heavy atom. The highest BCUT2D eigenvalue weighted by Gasteiger charge is 2.24. The molecule has 104 valence electrons. The van der Waals surface area contributed by atoms with Crippen molar-refractivity contribution in [1.82, 2.24) is 9.97 Å². The minimum absolute atomic E-state index is 0.0278. The molecule has 2 rings (SSSR count). The number of rotatable bonds is 3. The molecule has 1 heterocycles. The van der Waals surface area contributed by atoms with Crippen LogP contribution in [0.2, 0.25) is 0 Å². The predicted molar refractivity (Wildman–Crippen MR) is 64.3 cm³/mol. The normalized spacial score (nSPS) is 10.3. The Kier molecular flexibility index (Phi) is 3.42. The van der Waals surface area contributed by atoms with Crippen LogP contribution in [0.3, 0.4) is 0 Å². The topological polar surface area (TPSA) is 104 Å². The van der Waals surface area contributed by atoms with Crippen molar-refractivity contribution in [3.05, 3.63) is 45.6 Å². The van der Waals surface area contributed by atoms with Crippen LogP contribution in [0.25, 0.3) is 0 Å². The minimum atomic E-state index is -1.02. The van der Waals surface area contributed by atoms with E-state index in [0.29, 0.717) is 6.07 Å². The van der Waals surface area contributed by atoms with Gasteiger partial charge in [0.15, 0.2) is 11.6 Å². The van der Waals surface area contributed by atoms with E-state index in [4.69, 9.17) is 10.5 Å². The maximum atomic E-state index is 13.5. The van der Waals surface area contributed by atoms with Crippen molar-refractivity contribution in [2.24, 2.45) is 0 Å². The predicted octanol–water partition coefficient (Wildman–Crippen LogP) is 2.35. The first-order valence-electron chi connectivity index (χ1n) is 5.30. The van der Waals surface area contributed by atoms with Gasteiger partial charge in [-0.2, -0.15) is 4.98 Å². The van der Waals surface area contributed by atoms with Gasteiger partial charge in [-0.15, -0.1) is 0 Å². The van der Waals surface area contributed by atoms with E-state index >= 15 is 0 Å². The molecule has 0 bridgehead atoms. The minimum Gasteiger partial charge on any atom is -0.430 e. The lowest BCUT2D eigenvalue weighted by atomic mass is 10.3. The molecular weight excluding hydrogens is 274 g/mol. The Morgan fingerprint density at radius 2 is 2.05 bits per heavy atom. The third-order valence-electron chi connectivity index (χ3n) is 2.33. The summed E-state index contributed by atoms with van der Waals surface area (Å²) in [7, 11) is 0. The largest absolute Gasteiger partial charge is 0.430 e. The average Bonchev–Trinajstić information content (AvgIpc) is 2.31. The molecule has 0 aliphatic heterocycles. The Bertz CT molecular complexity index is 694. The van der Waals surface area contributed by atoms with Crippen molar-refractivity contribution in [2.75, 3.05) is 5.73 Å².